The van der Waals surface area contributed by atoms with E-state index in [1.165, 1.54) is 0 Å². The molecule has 0 unspecified atom stereocenters. The fraction of sp³-hybridized carbons (Fsp3) is 0.286. The summed E-state index contributed by atoms with van der Waals surface area (Å²) in [7, 11) is 0. The molecule has 1 aromatic carbocycles. The van der Waals surface area contributed by atoms with Crippen LogP contribution in [0.2, 0.25) is 5.02 Å². The molecule has 1 atom stereocenters. The number of halogens is 1. The van der Waals surface area contributed by atoms with Crippen molar-refractivity contribution in [2.75, 3.05) is 18.5 Å². The Hall–Kier alpha value is -2.10. The molecule has 9 heteroatoms. The molecular formula is C21H22ClN5OS2. The van der Waals surface area contributed by atoms with Crippen LogP contribution in [0.5, 0.6) is 0 Å². The van der Waals surface area contributed by atoms with Gasteiger partial charge in [0.25, 0.3) is 0 Å². The lowest BCUT2D eigenvalue weighted by Crippen LogP contribution is -2.31. The number of anilines is 1. The van der Waals surface area contributed by atoms with Gasteiger partial charge in [0.05, 0.1) is 27.4 Å². The van der Waals surface area contributed by atoms with E-state index in [0.29, 0.717) is 19.8 Å². The van der Waals surface area contributed by atoms with Gasteiger partial charge in [-0.2, -0.15) is 0 Å². The van der Waals surface area contributed by atoms with Gasteiger partial charge in [0, 0.05) is 36.6 Å². The number of nitrogens with one attached hydrogen (secondary N) is 1. The zero-order valence-electron chi connectivity index (χ0n) is 16.5. The average Bonchev–Trinajstić information content (AvgIpc) is 3.36. The third-order valence-corrected chi connectivity index (χ3v) is 6.92. The van der Waals surface area contributed by atoms with E-state index in [2.05, 4.69) is 10.3 Å². The summed E-state index contributed by atoms with van der Waals surface area (Å²) in [4.78, 5) is 14.7. The van der Waals surface area contributed by atoms with Crippen molar-refractivity contribution in [1.82, 2.24) is 15.0 Å². The van der Waals surface area contributed by atoms with Crippen LogP contribution in [0.3, 0.4) is 0 Å². The van der Waals surface area contributed by atoms with Gasteiger partial charge in [0.2, 0.25) is 0 Å². The minimum Gasteiger partial charge on any atom is -0.375 e. The molecule has 4 aromatic rings. The van der Waals surface area contributed by atoms with E-state index < -0.39 is 0 Å². The van der Waals surface area contributed by atoms with Crippen molar-refractivity contribution in [3.63, 3.8) is 0 Å². The van der Waals surface area contributed by atoms with Crippen LogP contribution in [0.25, 0.3) is 20.1 Å². The van der Waals surface area contributed by atoms with Crippen molar-refractivity contribution in [2.45, 2.75) is 26.0 Å². The SMILES string of the molecule is CCOCc1nc(NC[C@H](N)Cc2ccc(Cl)cc2)sc1-c1nc2ccncc2s1. The summed E-state index contributed by atoms with van der Waals surface area (Å²) < 4.78 is 6.69. The zero-order chi connectivity index (χ0) is 20.9. The largest absolute Gasteiger partial charge is 0.375 e. The van der Waals surface area contributed by atoms with Crippen LogP contribution in [0.4, 0.5) is 5.13 Å². The first-order valence-corrected chi connectivity index (χ1v) is 11.7. The summed E-state index contributed by atoms with van der Waals surface area (Å²) in [5.74, 6) is 0. The molecule has 0 aliphatic heterocycles. The Morgan fingerprint density at radius 1 is 1.17 bits per heavy atom. The molecule has 30 heavy (non-hydrogen) atoms. The third-order valence-electron chi connectivity index (χ3n) is 4.45. The van der Waals surface area contributed by atoms with Gasteiger partial charge in [0.1, 0.15) is 5.01 Å². The molecule has 3 N–H and O–H groups in total. The zero-order valence-corrected chi connectivity index (χ0v) is 18.9. The minimum absolute atomic E-state index is 0.0395. The second-order valence-corrected chi connectivity index (χ2v) is 9.23. The molecule has 0 aliphatic carbocycles. The highest BCUT2D eigenvalue weighted by molar-refractivity contribution is 7.26. The fourth-order valence-electron chi connectivity index (χ4n) is 2.98. The number of thiazole rings is 2. The monoisotopic (exact) mass is 459 g/mol. The predicted octanol–water partition coefficient (Wildman–Crippen LogP) is 4.99. The first-order valence-electron chi connectivity index (χ1n) is 9.64. The van der Waals surface area contributed by atoms with Gasteiger partial charge in [-0.05, 0) is 37.1 Å². The predicted molar refractivity (Wildman–Crippen MR) is 125 cm³/mol. The van der Waals surface area contributed by atoms with E-state index in [4.69, 9.17) is 32.0 Å². The molecule has 0 saturated heterocycles. The highest BCUT2D eigenvalue weighted by atomic mass is 35.5. The van der Waals surface area contributed by atoms with Crippen LogP contribution in [-0.4, -0.2) is 34.1 Å². The van der Waals surface area contributed by atoms with E-state index in [1.807, 2.05) is 43.5 Å². The van der Waals surface area contributed by atoms with Crippen LogP contribution >= 0.6 is 34.3 Å². The summed E-state index contributed by atoms with van der Waals surface area (Å²) in [6.45, 7) is 3.68. The van der Waals surface area contributed by atoms with Crippen LogP contribution in [-0.2, 0) is 17.8 Å². The Bertz CT molecular complexity index is 1080. The van der Waals surface area contributed by atoms with Crippen LogP contribution < -0.4 is 11.1 Å². The Morgan fingerprint density at radius 3 is 2.77 bits per heavy atom. The lowest BCUT2D eigenvalue weighted by molar-refractivity contribution is 0.132. The molecule has 0 aliphatic rings. The lowest BCUT2D eigenvalue weighted by atomic mass is 10.1. The molecule has 0 radical (unpaired) electrons. The number of hydrogen-bond donors (Lipinski definition) is 2. The number of hydrogen-bond acceptors (Lipinski definition) is 8. The van der Waals surface area contributed by atoms with Gasteiger partial charge in [-0.1, -0.05) is 35.1 Å². The summed E-state index contributed by atoms with van der Waals surface area (Å²) in [6.07, 6.45) is 4.36. The molecule has 3 aromatic heterocycles. The number of nitrogens with two attached hydrogens (primary N) is 1. The number of aromatic nitrogens is 3. The maximum Gasteiger partial charge on any atom is 0.183 e. The summed E-state index contributed by atoms with van der Waals surface area (Å²) in [5.41, 5.74) is 9.32. The Kier molecular flexibility index (Phi) is 6.91. The Labute approximate surface area is 188 Å². The van der Waals surface area contributed by atoms with Crippen LogP contribution in [0.1, 0.15) is 18.2 Å². The van der Waals surface area contributed by atoms with Gasteiger partial charge < -0.3 is 15.8 Å². The maximum atomic E-state index is 6.32. The molecule has 0 bridgehead atoms. The first-order chi connectivity index (χ1) is 14.6. The Morgan fingerprint density at radius 2 is 2.00 bits per heavy atom. The van der Waals surface area contributed by atoms with Crippen molar-refractivity contribution in [1.29, 1.82) is 0 Å². The van der Waals surface area contributed by atoms with E-state index in [0.717, 1.165) is 47.9 Å². The molecular weight excluding hydrogens is 438 g/mol. The van der Waals surface area contributed by atoms with Gasteiger partial charge in [-0.3, -0.25) is 4.98 Å². The second-order valence-electron chi connectivity index (χ2n) is 6.77. The van der Waals surface area contributed by atoms with Crippen molar-refractivity contribution in [3.8, 4) is 9.88 Å². The van der Waals surface area contributed by atoms with Crippen molar-refractivity contribution in [3.05, 3.63) is 59.0 Å². The van der Waals surface area contributed by atoms with Gasteiger partial charge >= 0.3 is 0 Å². The van der Waals surface area contributed by atoms with E-state index >= 15 is 0 Å². The summed E-state index contributed by atoms with van der Waals surface area (Å²) >= 11 is 9.15. The van der Waals surface area contributed by atoms with Crippen LogP contribution in [0, 0.1) is 0 Å². The molecule has 4 rings (SSSR count). The number of rotatable bonds is 9. The fourth-order valence-corrected chi connectivity index (χ4v) is 5.11. The number of nitrogens with zero attached hydrogens (tertiary/aromatic N) is 3. The molecule has 0 spiro atoms. The minimum atomic E-state index is -0.0395. The molecule has 0 fully saturated rings. The van der Waals surface area contributed by atoms with E-state index in [1.54, 1.807) is 28.9 Å². The molecule has 0 amide bonds. The normalized spacial score (nSPS) is 12.4. The number of benzene rings is 1. The highest BCUT2D eigenvalue weighted by Crippen LogP contribution is 2.37. The van der Waals surface area contributed by atoms with Gasteiger partial charge in [-0.25, -0.2) is 9.97 Å². The number of ether oxygens (including phenoxy) is 1. The van der Waals surface area contributed by atoms with Crippen LogP contribution in [0.15, 0.2) is 42.7 Å². The summed E-state index contributed by atoms with van der Waals surface area (Å²) in [5, 5.41) is 5.87. The van der Waals surface area contributed by atoms with Gasteiger partial charge in [-0.15, -0.1) is 11.3 Å². The smallest absolute Gasteiger partial charge is 0.183 e. The van der Waals surface area contributed by atoms with E-state index in [9.17, 15) is 0 Å². The standard InChI is InChI=1S/C21H22ClN5OS2/c1-2-28-12-17-19(20-26-16-7-8-24-11-18(16)29-20)30-21(27-17)25-10-15(23)9-13-3-5-14(22)6-4-13/h3-8,11,15H,2,9-10,12,23H2,1H3,(H,25,27)/t15-/m1/s1. The average molecular weight is 460 g/mol. The van der Waals surface area contributed by atoms with Crippen molar-refractivity contribution < 1.29 is 4.74 Å². The maximum absolute atomic E-state index is 6.32. The molecule has 3 heterocycles. The van der Waals surface area contributed by atoms with Crippen molar-refractivity contribution >= 4 is 49.6 Å². The first kappa shape index (κ1) is 21.1. The number of pyridine rings is 1. The summed E-state index contributed by atoms with van der Waals surface area (Å²) in [6, 6.07) is 9.67. The number of fused-ring (bicyclic) bond motifs is 1. The topological polar surface area (TPSA) is 86.0 Å². The molecule has 156 valence electrons. The quantitative estimate of drug-likeness (QED) is 0.367. The third kappa shape index (κ3) is 5.14. The van der Waals surface area contributed by atoms with Gasteiger partial charge in [0.15, 0.2) is 5.13 Å². The Balaban J connectivity index is 1.48. The molecule has 0 saturated carbocycles. The molecule has 6 nitrogen and oxygen atoms in total. The van der Waals surface area contributed by atoms with Crippen molar-refractivity contribution in [2.24, 2.45) is 5.73 Å². The lowest BCUT2D eigenvalue weighted by Gasteiger charge is -2.12. The highest BCUT2D eigenvalue weighted by Gasteiger charge is 2.17. The van der Waals surface area contributed by atoms with E-state index in [-0.39, 0.29) is 6.04 Å². The second kappa shape index (κ2) is 9.80.